The van der Waals surface area contributed by atoms with Crippen LogP contribution in [0.5, 0.6) is 0 Å². The van der Waals surface area contributed by atoms with E-state index in [0.717, 1.165) is 4.90 Å². The van der Waals surface area contributed by atoms with Gasteiger partial charge in [-0.1, -0.05) is 17.8 Å². The first-order valence-corrected chi connectivity index (χ1v) is 10.2. The van der Waals surface area contributed by atoms with Crippen molar-refractivity contribution in [2.24, 2.45) is 0 Å². The van der Waals surface area contributed by atoms with Gasteiger partial charge < -0.3 is 15.5 Å². The number of hydrogen-bond acceptors (Lipinski definition) is 6. The predicted octanol–water partition coefficient (Wildman–Crippen LogP) is 3.03. The van der Waals surface area contributed by atoms with Crippen LogP contribution < -0.4 is 5.73 Å². The van der Waals surface area contributed by atoms with Crippen molar-refractivity contribution in [2.75, 3.05) is 31.9 Å². The van der Waals surface area contributed by atoms with E-state index in [1.807, 2.05) is 12.1 Å². The molecule has 156 valence electrons. The number of amides is 2. The van der Waals surface area contributed by atoms with Gasteiger partial charge in [0.05, 0.1) is 9.82 Å². The highest BCUT2D eigenvalue weighted by atomic mass is 32.2. The Labute approximate surface area is 178 Å². The van der Waals surface area contributed by atoms with Gasteiger partial charge >= 0.3 is 0 Å². The predicted molar refractivity (Wildman–Crippen MR) is 116 cm³/mol. The Kier molecular flexibility index (Phi) is 6.73. The van der Waals surface area contributed by atoms with Crippen molar-refractivity contribution in [2.45, 2.75) is 16.7 Å². The number of nitrogens with two attached hydrogens (primary N) is 1. The van der Waals surface area contributed by atoms with Crippen LogP contribution in [-0.2, 0) is 9.59 Å². The molecule has 2 N–H and O–H groups in total. The maximum absolute atomic E-state index is 12.4. The monoisotopic (exact) mass is 426 g/mol. The van der Waals surface area contributed by atoms with Crippen LogP contribution in [0.15, 0.2) is 58.3 Å². The van der Waals surface area contributed by atoms with Crippen LogP contribution in [0.4, 0.5) is 11.4 Å². The molecule has 0 saturated carbocycles. The highest BCUT2D eigenvalue weighted by molar-refractivity contribution is 7.99. The highest BCUT2D eigenvalue weighted by Crippen LogP contribution is 2.35. The third-order valence-electron chi connectivity index (χ3n) is 4.74. The summed E-state index contributed by atoms with van der Waals surface area (Å²) in [5.41, 5.74) is 6.85. The molecule has 9 heteroatoms. The van der Waals surface area contributed by atoms with E-state index in [2.05, 4.69) is 0 Å². The van der Waals surface area contributed by atoms with Crippen molar-refractivity contribution < 1.29 is 14.5 Å². The van der Waals surface area contributed by atoms with Crippen molar-refractivity contribution in [3.8, 4) is 0 Å². The number of benzene rings is 2. The molecule has 1 saturated heterocycles. The summed E-state index contributed by atoms with van der Waals surface area (Å²) in [5, 5.41) is 11.5. The number of nitro benzene ring substituents is 1. The Morgan fingerprint density at radius 3 is 2.30 bits per heavy atom. The van der Waals surface area contributed by atoms with E-state index >= 15 is 0 Å². The van der Waals surface area contributed by atoms with Crippen LogP contribution in [0.2, 0.25) is 0 Å². The number of anilines is 1. The Balaban J connectivity index is 1.69. The molecular weight excluding hydrogens is 404 g/mol. The van der Waals surface area contributed by atoms with Crippen LogP contribution in [0, 0.1) is 10.1 Å². The largest absolute Gasteiger partial charge is 0.399 e. The van der Waals surface area contributed by atoms with Gasteiger partial charge in [0.15, 0.2) is 0 Å². The van der Waals surface area contributed by atoms with Crippen LogP contribution in [0.3, 0.4) is 0 Å². The van der Waals surface area contributed by atoms with E-state index in [1.54, 1.807) is 40.1 Å². The van der Waals surface area contributed by atoms with Gasteiger partial charge in [-0.15, -0.1) is 0 Å². The van der Waals surface area contributed by atoms with Gasteiger partial charge in [0.2, 0.25) is 11.8 Å². The molecule has 1 aliphatic rings. The lowest BCUT2D eigenvalue weighted by molar-refractivity contribution is -0.387. The minimum atomic E-state index is -0.431. The number of nitro groups is 1. The number of hydrogen-bond donors (Lipinski definition) is 1. The first-order chi connectivity index (χ1) is 14.3. The molecule has 1 aliphatic heterocycles. The summed E-state index contributed by atoms with van der Waals surface area (Å²) in [6.45, 7) is 3.48. The van der Waals surface area contributed by atoms with E-state index < -0.39 is 4.92 Å². The summed E-state index contributed by atoms with van der Waals surface area (Å²) in [6.07, 6.45) is 2.99. The normalized spacial score (nSPS) is 14.2. The lowest BCUT2D eigenvalue weighted by Gasteiger charge is -2.33. The summed E-state index contributed by atoms with van der Waals surface area (Å²) in [4.78, 5) is 39.6. The molecule has 0 spiro atoms. The number of rotatable bonds is 5. The van der Waals surface area contributed by atoms with E-state index in [9.17, 15) is 19.7 Å². The Bertz CT molecular complexity index is 983. The molecule has 0 bridgehead atoms. The van der Waals surface area contributed by atoms with Crippen molar-refractivity contribution >= 4 is 41.0 Å². The van der Waals surface area contributed by atoms with E-state index in [1.165, 1.54) is 30.8 Å². The second kappa shape index (κ2) is 9.45. The zero-order valence-electron chi connectivity index (χ0n) is 16.5. The van der Waals surface area contributed by atoms with Crippen LogP contribution >= 0.6 is 11.8 Å². The Hall–Kier alpha value is -3.33. The van der Waals surface area contributed by atoms with Crippen LogP contribution in [0.1, 0.15) is 12.5 Å². The maximum atomic E-state index is 12.4. The zero-order valence-corrected chi connectivity index (χ0v) is 17.3. The lowest BCUT2D eigenvalue weighted by atomic mass is 10.2. The van der Waals surface area contributed by atoms with Crippen molar-refractivity contribution in [3.63, 3.8) is 0 Å². The fourth-order valence-corrected chi connectivity index (χ4v) is 3.94. The highest BCUT2D eigenvalue weighted by Gasteiger charge is 2.21. The molecule has 0 aliphatic carbocycles. The topological polar surface area (TPSA) is 110 Å². The molecule has 2 aromatic carbocycles. The fourth-order valence-electron chi connectivity index (χ4n) is 3.04. The van der Waals surface area contributed by atoms with Crippen molar-refractivity contribution in [3.05, 3.63) is 64.2 Å². The Morgan fingerprint density at radius 1 is 1.07 bits per heavy atom. The minimum Gasteiger partial charge on any atom is -0.399 e. The molecular formula is C21H22N4O4S. The summed E-state index contributed by atoms with van der Waals surface area (Å²) in [7, 11) is 0. The van der Waals surface area contributed by atoms with Gasteiger partial charge in [0.25, 0.3) is 5.69 Å². The molecule has 0 aromatic heterocycles. The molecule has 3 rings (SSSR count). The second-order valence-electron chi connectivity index (χ2n) is 6.82. The van der Waals surface area contributed by atoms with Crippen LogP contribution in [0.25, 0.3) is 6.08 Å². The third kappa shape index (κ3) is 5.38. The average molecular weight is 426 g/mol. The SMILES string of the molecule is CC(=O)N1CCN(C(=O)C=Cc2ccc(Sc3ccc(N)cc3)c([N+](=O)[O-])c2)CC1. The standard InChI is InChI=1S/C21H22N4O4S/c1-15(26)23-10-12-24(13-11-23)21(27)9-3-16-2-8-20(19(14-16)25(28)29)30-18-6-4-17(22)5-7-18/h2-9,14H,10-13,22H2,1H3. The van der Waals surface area contributed by atoms with Gasteiger partial charge in [-0.2, -0.15) is 0 Å². The Morgan fingerprint density at radius 2 is 1.70 bits per heavy atom. The molecule has 0 unspecified atom stereocenters. The van der Waals surface area contributed by atoms with E-state index in [0.29, 0.717) is 42.3 Å². The van der Waals surface area contributed by atoms with E-state index in [-0.39, 0.29) is 17.5 Å². The summed E-state index contributed by atoms with van der Waals surface area (Å²) >= 11 is 1.28. The average Bonchev–Trinajstić information content (AvgIpc) is 2.74. The van der Waals surface area contributed by atoms with Gasteiger partial charge in [-0.25, -0.2) is 0 Å². The number of carbonyl (C=O) groups is 2. The molecule has 1 fully saturated rings. The van der Waals surface area contributed by atoms with Crippen LogP contribution in [-0.4, -0.2) is 52.7 Å². The van der Waals surface area contributed by atoms with Gasteiger partial charge in [0.1, 0.15) is 0 Å². The molecule has 30 heavy (non-hydrogen) atoms. The molecule has 2 aromatic rings. The number of nitrogens with zero attached hydrogens (tertiary/aromatic N) is 3. The number of carbonyl (C=O) groups excluding carboxylic acids is 2. The number of nitrogen functional groups attached to an aromatic ring is 1. The molecule has 1 heterocycles. The van der Waals surface area contributed by atoms with Crippen molar-refractivity contribution in [1.29, 1.82) is 0 Å². The van der Waals surface area contributed by atoms with Gasteiger partial charge in [0, 0.05) is 55.8 Å². The number of piperazine rings is 1. The molecule has 2 amide bonds. The third-order valence-corrected chi connectivity index (χ3v) is 5.82. The summed E-state index contributed by atoms with van der Waals surface area (Å²) in [5.74, 6) is -0.178. The van der Waals surface area contributed by atoms with Crippen molar-refractivity contribution in [1.82, 2.24) is 9.80 Å². The van der Waals surface area contributed by atoms with Gasteiger partial charge in [-0.3, -0.25) is 19.7 Å². The summed E-state index contributed by atoms with van der Waals surface area (Å²) in [6, 6.07) is 12.0. The first-order valence-electron chi connectivity index (χ1n) is 9.38. The zero-order chi connectivity index (χ0) is 21.7. The maximum Gasteiger partial charge on any atom is 0.283 e. The summed E-state index contributed by atoms with van der Waals surface area (Å²) < 4.78 is 0. The minimum absolute atomic E-state index is 0.00174. The lowest BCUT2D eigenvalue weighted by Crippen LogP contribution is -2.49. The molecule has 0 radical (unpaired) electrons. The smallest absolute Gasteiger partial charge is 0.283 e. The quantitative estimate of drug-likeness (QED) is 0.341. The van der Waals surface area contributed by atoms with E-state index in [4.69, 9.17) is 5.73 Å². The fraction of sp³-hybridized carbons (Fsp3) is 0.238. The molecule has 8 nitrogen and oxygen atoms in total. The first kappa shape index (κ1) is 21.4. The molecule has 0 atom stereocenters. The van der Waals surface area contributed by atoms with Gasteiger partial charge in [-0.05, 0) is 42.0 Å². The second-order valence-corrected chi connectivity index (χ2v) is 7.94.